The molecule has 0 radical (unpaired) electrons. The van der Waals surface area contributed by atoms with Crippen LogP contribution in [0.25, 0.3) is 0 Å². The summed E-state index contributed by atoms with van der Waals surface area (Å²) in [5.41, 5.74) is 3.17. The van der Waals surface area contributed by atoms with Gasteiger partial charge in [0.15, 0.2) is 0 Å². The Hall–Kier alpha value is -1.35. The largest absolute Gasteiger partial charge is 0.349 e. The van der Waals surface area contributed by atoms with Gasteiger partial charge in [-0.1, -0.05) is 30.7 Å². The maximum atomic E-state index is 11.7. The van der Waals surface area contributed by atoms with E-state index in [1.165, 1.54) is 62.7 Å². The second kappa shape index (κ2) is 5.84. The number of benzene rings is 1. The Balaban J connectivity index is 1.34. The number of carbonyl (C=O) groups is 1. The third kappa shape index (κ3) is 2.54. The molecule has 0 aromatic heterocycles. The SMILES string of the molecule is CC(=O)N[C@H]1CC2(CCN([C@@H]3C[C@@H]4CC[C@@H]3C4)CC2)c2ccccc21. The highest BCUT2D eigenvalue weighted by Crippen LogP contribution is 2.53. The first kappa shape index (κ1) is 15.9. The van der Waals surface area contributed by atoms with Crippen LogP contribution in [0.15, 0.2) is 24.3 Å². The van der Waals surface area contributed by atoms with Crippen molar-refractivity contribution >= 4 is 5.91 Å². The van der Waals surface area contributed by atoms with Gasteiger partial charge in [0.25, 0.3) is 0 Å². The normalized spacial score (nSPS) is 35.9. The molecule has 1 amide bonds. The fraction of sp³-hybridized carbons (Fsp3) is 0.682. The molecule has 3 aliphatic carbocycles. The van der Waals surface area contributed by atoms with Gasteiger partial charge in [0.2, 0.25) is 5.91 Å². The molecule has 134 valence electrons. The highest BCUT2D eigenvalue weighted by Gasteiger charge is 2.48. The first-order valence-corrected chi connectivity index (χ1v) is 10.3. The molecule has 3 heteroatoms. The molecule has 1 saturated heterocycles. The highest BCUT2D eigenvalue weighted by molar-refractivity contribution is 5.73. The van der Waals surface area contributed by atoms with Crippen LogP contribution in [0, 0.1) is 11.8 Å². The number of nitrogens with one attached hydrogen (secondary N) is 1. The zero-order valence-corrected chi connectivity index (χ0v) is 15.3. The average Bonchev–Trinajstić information content (AvgIpc) is 3.31. The molecule has 4 aliphatic rings. The third-order valence-corrected chi connectivity index (χ3v) is 7.80. The predicted molar refractivity (Wildman–Crippen MR) is 99.3 cm³/mol. The molecule has 1 heterocycles. The number of likely N-dealkylation sites (tertiary alicyclic amines) is 1. The van der Waals surface area contributed by atoms with E-state index in [4.69, 9.17) is 0 Å². The topological polar surface area (TPSA) is 32.3 Å². The summed E-state index contributed by atoms with van der Waals surface area (Å²) in [6.07, 6.45) is 9.54. The van der Waals surface area contributed by atoms with Gasteiger partial charge in [-0.15, -0.1) is 0 Å². The lowest BCUT2D eigenvalue weighted by Gasteiger charge is -2.44. The quantitative estimate of drug-likeness (QED) is 0.890. The van der Waals surface area contributed by atoms with Crippen LogP contribution in [-0.2, 0) is 10.2 Å². The first-order chi connectivity index (χ1) is 12.1. The van der Waals surface area contributed by atoms with E-state index in [2.05, 4.69) is 34.5 Å². The van der Waals surface area contributed by atoms with Gasteiger partial charge >= 0.3 is 0 Å². The smallest absolute Gasteiger partial charge is 0.217 e. The van der Waals surface area contributed by atoms with Gasteiger partial charge in [0.05, 0.1) is 6.04 Å². The van der Waals surface area contributed by atoms with Crippen LogP contribution >= 0.6 is 0 Å². The van der Waals surface area contributed by atoms with Crippen LogP contribution < -0.4 is 5.32 Å². The maximum absolute atomic E-state index is 11.7. The van der Waals surface area contributed by atoms with E-state index in [0.717, 1.165) is 24.3 Å². The Morgan fingerprint density at radius 1 is 1.16 bits per heavy atom. The molecule has 2 bridgehead atoms. The molecular weight excluding hydrogens is 308 g/mol. The minimum absolute atomic E-state index is 0.0938. The molecular formula is C22H30N2O. The van der Waals surface area contributed by atoms with Crippen LogP contribution in [0.3, 0.4) is 0 Å². The first-order valence-electron chi connectivity index (χ1n) is 10.3. The highest BCUT2D eigenvalue weighted by atomic mass is 16.1. The average molecular weight is 338 g/mol. The molecule has 2 saturated carbocycles. The lowest BCUT2D eigenvalue weighted by molar-refractivity contribution is -0.119. The zero-order chi connectivity index (χ0) is 17.0. The maximum Gasteiger partial charge on any atom is 0.217 e. The third-order valence-electron chi connectivity index (χ3n) is 7.80. The van der Waals surface area contributed by atoms with Gasteiger partial charge in [-0.25, -0.2) is 0 Å². The molecule has 0 unspecified atom stereocenters. The van der Waals surface area contributed by atoms with Crippen molar-refractivity contribution in [3.8, 4) is 0 Å². The number of rotatable bonds is 2. The van der Waals surface area contributed by atoms with Gasteiger partial charge in [0, 0.05) is 18.4 Å². The molecule has 5 rings (SSSR count). The van der Waals surface area contributed by atoms with Crippen LogP contribution in [0.5, 0.6) is 0 Å². The Morgan fingerprint density at radius 2 is 1.96 bits per heavy atom. The van der Waals surface area contributed by atoms with Crippen LogP contribution in [0.1, 0.15) is 69.0 Å². The van der Waals surface area contributed by atoms with Crippen molar-refractivity contribution in [1.29, 1.82) is 0 Å². The van der Waals surface area contributed by atoms with Crippen molar-refractivity contribution in [3.63, 3.8) is 0 Å². The summed E-state index contributed by atoms with van der Waals surface area (Å²) in [6, 6.07) is 9.94. The fourth-order valence-electron chi connectivity index (χ4n) is 6.68. The number of carbonyl (C=O) groups excluding carboxylic acids is 1. The Morgan fingerprint density at radius 3 is 2.64 bits per heavy atom. The molecule has 3 fully saturated rings. The molecule has 1 aromatic carbocycles. The van der Waals surface area contributed by atoms with E-state index in [1.54, 1.807) is 6.92 Å². The van der Waals surface area contributed by atoms with E-state index in [0.29, 0.717) is 0 Å². The van der Waals surface area contributed by atoms with Crippen molar-refractivity contribution in [1.82, 2.24) is 10.2 Å². The van der Waals surface area contributed by atoms with E-state index in [-0.39, 0.29) is 17.4 Å². The van der Waals surface area contributed by atoms with E-state index in [1.807, 2.05) is 0 Å². The van der Waals surface area contributed by atoms with Gasteiger partial charge in [-0.3, -0.25) is 4.79 Å². The Bertz CT molecular complexity index is 676. The predicted octanol–water partition coefficient (Wildman–Crippen LogP) is 3.79. The monoisotopic (exact) mass is 338 g/mol. The lowest BCUT2D eigenvalue weighted by atomic mass is 9.73. The van der Waals surface area contributed by atoms with Crippen molar-refractivity contribution in [2.24, 2.45) is 11.8 Å². The minimum atomic E-state index is 0.0938. The molecule has 1 spiro atoms. The van der Waals surface area contributed by atoms with E-state index in [9.17, 15) is 4.79 Å². The Kier molecular flexibility index (Phi) is 3.70. The molecule has 1 N–H and O–H groups in total. The number of hydrogen-bond acceptors (Lipinski definition) is 2. The van der Waals surface area contributed by atoms with E-state index >= 15 is 0 Å². The summed E-state index contributed by atoms with van der Waals surface area (Å²) in [5, 5.41) is 3.21. The number of amides is 1. The molecule has 4 atom stereocenters. The number of piperidine rings is 1. The van der Waals surface area contributed by atoms with E-state index < -0.39 is 0 Å². The fourth-order valence-corrected chi connectivity index (χ4v) is 6.68. The second-order valence-corrected chi connectivity index (χ2v) is 9.10. The number of hydrogen-bond donors (Lipinski definition) is 1. The van der Waals surface area contributed by atoms with Crippen molar-refractivity contribution in [2.45, 2.75) is 69.4 Å². The van der Waals surface area contributed by atoms with Crippen molar-refractivity contribution < 1.29 is 4.79 Å². The molecule has 3 nitrogen and oxygen atoms in total. The molecule has 1 aromatic rings. The van der Waals surface area contributed by atoms with Gasteiger partial charge in [0.1, 0.15) is 0 Å². The van der Waals surface area contributed by atoms with Gasteiger partial charge in [-0.2, -0.15) is 0 Å². The number of fused-ring (bicyclic) bond motifs is 4. The summed E-state index contributed by atoms with van der Waals surface area (Å²) in [6.45, 7) is 4.13. The molecule has 25 heavy (non-hydrogen) atoms. The molecule has 1 aliphatic heterocycles. The summed E-state index contributed by atoms with van der Waals surface area (Å²) < 4.78 is 0. The van der Waals surface area contributed by atoms with Crippen molar-refractivity contribution in [2.75, 3.05) is 13.1 Å². The summed E-state index contributed by atoms with van der Waals surface area (Å²) >= 11 is 0. The zero-order valence-electron chi connectivity index (χ0n) is 15.3. The minimum Gasteiger partial charge on any atom is -0.349 e. The number of nitrogens with zero attached hydrogens (tertiary/aromatic N) is 1. The standard InChI is InChI=1S/C22H30N2O/c1-15(25)23-20-14-22(19-5-3-2-4-18(19)20)8-10-24(11-9-22)21-13-16-6-7-17(21)12-16/h2-5,16-17,20-21H,6-14H2,1H3,(H,23,25)/t16-,17-,20+,21-/m1/s1. The van der Waals surface area contributed by atoms with Crippen LogP contribution in [-0.4, -0.2) is 29.9 Å². The van der Waals surface area contributed by atoms with Crippen LogP contribution in [0.4, 0.5) is 0 Å². The summed E-state index contributed by atoms with van der Waals surface area (Å²) in [7, 11) is 0. The summed E-state index contributed by atoms with van der Waals surface area (Å²) in [5.74, 6) is 2.11. The Labute approximate surface area is 151 Å². The lowest BCUT2D eigenvalue weighted by Crippen LogP contribution is -2.48. The van der Waals surface area contributed by atoms with Crippen LogP contribution in [0.2, 0.25) is 0 Å². The van der Waals surface area contributed by atoms with Gasteiger partial charge in [-0.05, 0) is 74.6 Å². The van der Waals surface area contributed by atoms with Gasteiger partial charge < -0.3 is 10.2 Å². The second-order valence-electron chi connectivity index (χ2n) is 9.10. The van der Waals surface area contributed by atoms with Crippen molar-refractivity contribution in [3.05, 3.63) is 35.4 Å². The summed E-state index contributed by atoms with van der Waals surface area (Å²) in [4.78, 5) is 14.5.